The number of aromatic nitrogens is 4. The van der Waals surface area contributed by atoms with Gasteiger partial charge in [0.1, 0.15) is 5.82 Å². The van der Waals surface area contributed by atoms with Crippen molar-refractivity contribution in [3.8, 4) is 11.8 Å². The molecule has 3 aromatic rings. The largest absolute Gasteiger partial charge is 0.481 e. The summed E-state index contributed by atoms with van der Waals surface area (Å²) in [5.74, 6) is 1.18. The number of halogens is 1. The molecule has 2 N–H and O–H groups in total. The summed E-state index contributed by atoms with van der Waals surface area (Å²) in [7, 11) is 1.49. The summed E-state index contributed by atoms with van der Waals surface area (Å²) in [5.41, 5.74) is 1.70. The molecule has 5 rings (SSSR count). The predicted octanol–water partition coefficient (Wildman–Crippen LogP) is 2.29. The van der Waals surface area contributed by atoms with Crippen LogP contribution in [-0.2, 0) is 17.7 Å². The third-order valence-corrected chi connectivity index (χ3v) is 6.87. The van der Waals surface area contributed by atoms with Gasteiger partial charge in [0, 0.05) is 37.7 Å². The molecule has 1 saturated heterocycles. The number of aliphatic hydroxyl groups excluding tert-OH is 1. The molecule has 9 nitrogen and oxygen atoms in total. The molecule has 0 amide bonds. The summed E-state index contributed by atoms with van der Waals surface area (Å²) < 4.78 is 39.6. The van der Waals surface area contributed by atoms with E-state index >= 15 is 0 Å². The Labute approximate surface area is 201 Å². The number of hydrogen-bond donors (Lipinski definition) is 2. The quantitative estimate of drug-likeness (QED) is 0.514. The molecule has 5 heterocycles. The Morgan fingerprint density at radius 1 is 1.38 bits per heavy atom. The first-order valence-electron chi connectivity index (χ1n) is 11.7. The van der Waals surface area contributed by atoms with Gasteiger partial charge in [0.2, 0.25) is 11.8 Å². The Bertz CT molecular complexity index is 1200. The summed E-state index contributed by atoms with van der Waals surface area (Å²) in [5, 5.41) is 22.2. The zero-order valence-corrected chi connectivity index (χ0v) is 19.4. The van der Waals surface area contributed by atoms with Crippen LogP contribution in [0.25, 0.3) is 11.0 Å². The number of pyridine rings is 2. The molecule has 2 unspecified atom stereocenters. The fraction of sp³-hybridized carbons (Fsp3) is 0.478. The number of methoxy groups -OCH3 is 1. The van der Waals surface area contributed by atoms with Gasteiger partial charge in [0.25, 0.3) is 0 Å². The molecule has 2 aliphatic rings. The number of fused-ring (bicyclic) bond motifs is 2. The van der Waals surface area contributed by atoms with Gasteiger partial charge in [-0.3, -0.25) is 4.98 Å². The van der Waals surface area contributed by atoms with Crippen molar-refractivity contribution in [2.75, 3.05) is 26.1 Å². The van der Waals surface area contributed by atoms with Gasteiger partial charge in [-0.05, 0) is 25.0 Å². The van der Waals surface area contributed by atoms with E-state index in [4.69, 9.17) is 15.6 Å². The third-order valence-electron chi connectivity index (χ3n) is 5.89. The van der Waals surface area contributed by atoms with Crippen molar-refractivity contribution in [3.05, 3.63) is 41.5 Å². The molecular weight excluding hydrogens is 461 g/mol. The Balaban J connectivity index is 1.19. The molecule has 0 aliphatic carbocycles. The van der Waals surface area contributed by atoms with Crippen molar-refractivity contribution in [2.24, 2.45) is 0 Å². The van der Waals surface area contributed by atoms with E-state index in [-0.39, 0.29) is 18.0 Å². The first-order valence-corrected chi connectivity index (χ1v) is 12.1. The van der Waals surface area contributed by atoms with Gasteiger partial charge in [0.15, 0.2) is 0 Å². The molecule has 1 fully saturated rings. The smallest absolute Gasteiger partial charge is 0.247 e. The van der Waals surface area contributed by atoms with Crippen LogP contribution in [-0.4, -0.2) is 69.6 Å². The van der Waals surface area contributed by atoms with Crippen molar-refractivity contribution >= 4 is 22.8 Å². The number of ether oxygens (including phenoxy) is 3. The van der Waals surface area contributed by atoms with Crippen LogP contribution in [0.4, 0.5) is 4.39 Å². The normalized spacial score (nSPS) is 22.4. The minimum Gasteiger partial charge on any atom is -0.481 e. The van der Waals surface area contributed by atoms with Crippen molar-refractivity contribution in [3.63, 3.8) is 0 Å². The van der Waals surface area contributed by atoms with E-state index in [1.54, 1.807) is 23.9 Å². The molecule has 0 radical (unpaired) electrons. The van der Waals surface area contributed by atoms with Gasteiger partial charge < -0.3 is 24.6 Å². The minimum absolute atomic E-state index is 0.0410. The highest BCUT2D eigenvalue weighted by molar-refractivity contribution is 7.99. The van der Waals surface area contributed by atoms with E-state index in [1.807, 2.05) is 6.07 Å². The summed E-state index contributed by atoms with van der Waals surface area (Å²) in [6.45, 7) is 0.165. The molecule has 3 aromatic heterocycles. The predicted molar refractivity (Wildman–Crippen MR) is 124 cm³/mol. The standard InChI is InChI=1S/C23H26FN5O4S/c1-31-21-5-3-17-22(27-21)15(16(24)11-26-17)9-18(30)19-4-2-13(12-33-19)25-10-14-8-20-23(29-28-14)32-6-7-34-20/h3,5,8,11,13,18-19,25,30H,2,4,6-7,9-10,12H2,1H3/t13-,18?,19+/m1/s1/i10D/t10?,13-,18?,19+. The molecular formula is C23H26FN5O4S. The van der Waals surface area contributed by atoms with E-state index in [9.17, 15) is 9.50 Å². The van der Waals surface area contributed by atoms with Gasteiger partial charge >= 0.3 is 0 Å². The van der Waals surface area contributed by atoms with E-state index in [1.165, 1.54) is 7.11 Å². The Kier molecular flexibility index (Phi) is 6.66. The summed E-state index contributed by atoms with van der Waals surface area (Å²) in [6.07, 6.45) is 1.06. The van der Waals surface area contributed by atoms with Crippen LogP contribution in [0.15, 0.2) is 29.3 Å². The van der Waals surface area contributed by atoms with Crippen molar-refractivity contribution in [2.45, 2.75) is 48.9 Å². The molecule has 0 aromatic carbocycles. The Morgan fingerprint density at radius 2 is 2.29 bits per heavy atom. The lowest BCUT2D eigenvalue weighted by atomic mass is 9.96. The zero-order valence-electron chi connectivity index (χ0n) is 19.6. The number of rotatable bonds is 7. The van der Waals surface area contributed by atoms with Crippen LogP contribution in [0.1, 0.15) is 25.5 Å². The molecule has 2 aliphatic heterocycles. The Hall–Kier alpha value is -2.60. The molecule has 0 spiro atoms. The van der Waals surface area contributed by atoms with Gasteiger partial charge in [0.05, 0.1) is 60.4 Å². The highest BCUT2D eigenvalue weighted by Crippen LogP contribution is 2.31. The lowest BCUT2D eigenvalue weighted by Crippen LogP contribution is -2.44. The van der Waals surface area contributed by atoms with E-state index in [2.05, 4.69) is 25.5 Å². The SMILES string of the molecule is [2H]C(N[C@@H]1CC[C@@H](C(O)Cc2c(F)cnc3ccc(OC)nc23)OC1)c1cc2c(nn1)OCCS2. The lowest BCUT2D eigenvalue weighted by Gasteiger charge is -2.32. The van der Waals surface area contributed by atoms with E-state index < -0.39 is 24.5 Å². The third kappa shape index (κ3) is 5.07. The Morgan fingerprint density at radius 3 is 3.12 bits per heavy atom. The van der Waals surface area contributed by atoms with Crippen LogP contribution in [0.5, 0.6) is 11.8 Å². The average molecular weight is 489 g/mol. The first-order chi connectivity index (χ1) is 17.0. The molecule has 0 bridgehead atoms. The van der Waals surface area contributed by atoms with Crippen molar-refractivity contribution in [1.82, 2.24) is 25.5 Å². The maximum absolute atomic E-state index is 14.6. The highest BCUT2D eigenvalue weighted by Gasteiger charge is 2.29. The monoisotopic (exact) mass is 488 g/mol. The molecule has 180 valence electrons. The summed E-state index contributed by atoms with van der Waals surface area (Å²) in [6, 6.07) is 5.13. The van der Waals surface area contributed by atoms with E-state index in [0.717, 1.165) is 16.8 Å². The van der Waals surface area contributed by atoms with Crippen LogP contribution >= 0.6 is 11.8 Å². The molecule has 34 heavy (non-hydrogen) atoms. The van der Waals surface area contributed by atoms with E-state index in [0.29, 0.717) is 54.5 Å². The maximum atomic E-state index is 14.6. The fourth-order valence-electron chi connectivity index (χ4n) is 4.08. The second kappa shape index (κ2) is 10.3. The first kappa shape index (κ1) is 21.9. The zero-order chi connectivity index (χ0) is 24.4. The lowest BCUT2D eigenvalue weighted by molar-refractivity contribution is -0.0719. The second-order valence-electron chi connectivity index (χ2n) is 8.17. The maximum Gasteiger partial charge on any atom is 0.247 e. The number of nitrogens with one attached hydrogen (secondary N) is 1. The number of hydrogen-bond acceptors (Lipinski definition) is 10. The molecule has 4 atom stereocenters. The fourth-order valence-corrected chi connectivity index (χ4v) is 4.89. The van der Waals surface area contributed by atoms with Gasteiger partial charge in [-0.1, -0.05) is 0 Å². The van der Waals surface area contributed by atoms with Crippen LogP contribution in [0, 0.1) is 5.82 Å². The number of nitrogens with zero attached hydrogens (tertiary/aromatic N) is 4. The van der Waals surface area contributed by atoms with Crippen LogP contribution in [0.2, 0.25) is 0 Å². The van der Waals surface area contributed by atoms with Gasteiger partial charge in [-0.15, -0.1) is 16.9 Å². The van der Waals surface area contributed by atoms with Crippen LogP contribution in [0.3, 0.4) is 0 Å². The van der Waals surface area contributed by atoms with Gasteiger partial charge in [-0.25, -0.2) is 9.37 Å². The second-order valence-corrected chi connectivity index (χ2v) is 9.31. The number of thioether (sulfide) groups is 1. The van der Waals surface area contributed by atoms with Crippen molar-refractivity contribution in [1.29, 1.82) is 0 Å². The average Bonchev–Trinajstić information content (AvgIpc) is 2.90. The molecule has 0 saturated carbocycles. The van der Waals surface area contributed by atoms with Gasteiger partial charge in [-0.2, -0.15) is 5.10 Å². The number of aliphatic hydroxyl groups is 1. The summed E-state index contributed by atoms with van der Waals surface area (Å²) >= 11 is 1.64. The molecule has 11 heteroatoms. The van der Waals surface area contributed by atoms with Crippen LogP contribution < -0.4 is 14.8 Å². The minimum atomic E-state index is -0.917. The summed E-state index contributed by atoms with van der Waals surface area (Å²) in [4.78, 5) is 9.29. The van der Waals surface area contributed by atoms with Crippen molar-refractivity contribution < 1.29 is 25.1 Å². The topological polar surface area (TPSA) is 112 Å². The highest BCUT2D eigenvalue weighted by atomic mass is 32.2.